The van der Waals surface area contributed by atoms with Gasteiger partial charge in [0, 0.05) is 17.6 Å². The van der Waals surface area contributed by atoms with Crippen molar-refractivity contribution in [1.29, 1.82) is 5.26 Å². The maximum atomic E-state index is 11.6. The molecule has 0 bridgehead atoms. The van der Waals surface area contributed by atoms with Gasteiger partial charge in [0.15, 0.2) is 0 Å². The number of carbonyl (C=O) groups excluding carboxylic acids is 1. The third kappa shape index (κ3) is 3.47. The third-order valence-electron chi connectivity index (χ3n) is 2.53. The van der Waals surface area contributed by atoms with Gasteiger partial charge in [-0.15, -0.1) is 0 Å². The van der Waals surface area contributed by atoms with Crippen molar-refractivity contribution in [3.05, 3.63) is 28.2 Å². The van der Waals surface area contributed by atoms with Crippen LogP contribution in [0.5, 0.6) is 0 Å². The lowest BCUT2D eigenvalue weighted by Gasteiger charge is -2.23. The summed E-state index contributed by atoms with van der Waals surface area (Å²) in [6.45, 7) is 5.38. The molecule has 0 atom stereocenters. The highest BCUT2D eigenvalue weighted by Gasteiger charge is 2.14. The molecule has 0 spiro atoms. The number of nitrogens with zero attached hydrogens (tertiary/aromatic N) is 2. The van der Waals surface area contributed by atoms with Crippen molar-refractivity contribution in [2.45, 2.75) is 13.8 Å². The molecule has 1 rings (SSSR count). The number of hydrogen-bond acceptors (Lipinski definition) is 3. The Kier molecular flexibility index (Phi) is 5.66. The maximum absolute atomic E-state index is 11.6. The molecule has 96 valence electrons. The van der Waals surface area contributed by atoms with E-state index in [4.69, 9.17) is 0 Å². The molecule has 0 saturated heterocycles. The zero-order chi connectivity index (χ0) is 13.5. The number of nitriles is 1. The molecule has 1 amide bonds. The second-order valence-corrected chi connectivity index (χ2v) is 4.57. The number of amides is 1. The zero-order valence-corrected chi connectivity index (χ0v) is 12.1. The SMILES string of the molecule is CCNC(=O)CN(CC)c1cccc(Br)c1C#N. The molecule has 0 aromatic heterocycles. The highest BCUT2D eigenvalue weighted by molar-refractivity contribution is 9.10. The van der Waals surface area contributed by atoms with Crippen molar-refractivity contribution < 1.29 is 4.79 Å². The molecule has 1 aromatic carbocycles. The lowest BCUT2D eigenvalue weighted by Crippen LogP contribution is -2.37. The van der Waals surface area contributed by atoms with Crippen LogP contribution in [0.25, 0.3) is 0 Å². The van der Waals surface area contributed by atoms with Crippen molar-refractivity contribution in [2.24, 2.45) is 0 Å². The van der Waals surface area contributed by atoms with E-state index in [-0.39, 0.29) is 12.5 Å². The van der Waals surface area contributed by atoms with Gasteiger partial charge in [-0.2, -0.15) is 5.26 Å². The molecular weight excluding hydrogens is 294 g/mol. The van der Waals surface area contributed by atoms with Crippen LogP contribution in [0.1, 0.15) is 19.4 Å². The Morgan fingerprint density at radius 2 is 2.22 bits per heavy atom. The van der Waals surface area contributed by atoms with Gasteiger partial charge in [-0.05, 0) is 41.9 Å². The van der Waals surface area contributed by atoms with E-state index in [2.05, 4.69) is 27.3 Å². The number of carbonyl (C=O) groups is 1. The number of likely N-dealkylation sites (N-methyl/N-ethyl adjacent to an activating group) is 2. The Bertz CT molecular complexity index is 468. The standard InChI is InChI=1S/C13H16BrN3O/c1-3-16-13(18)9-17(4-2)12-7-5-6-11(14)10(12)8-15/h5-7H,3-4,9H2,1-2H3,(H,16,18). The van der Waals surface area contributed by atoms with Crippen LogP contribution in [0.15, 0.2) is 22.7 Å². The number of benzene rings is 1. The molecule has 0 unspecified atom stereocenters. The molecule has 0 aliphatic rings. The van der Waals surface area contributed by atoms with Gasteiger partial charge >= 0.3 is 0 Å². The summed E-state index contributed by atoms with van der Waals surface area (Å²) in [7, 11) is 0. The van der Waals surface area contributed by atoms with E-state index in [0.29, 0.717) is 18.7 Å². The second kappa shape index (κ2) is 7.02. The van der Waals surface area contributed by atoms with Gasteiger partial charge in [0.05, 0.1) is 17.8 Å². The van der Waals surface area contributed by atoms with Crippen molar-refractivity contribution in [1.82, 2.24) is 5.32 Å². The Hall–Kier alpha value is -1.54. The van der Waals surface area contributed by atoms with E-state index in [9.17, 15) is 10.1 Å². The summed E-state index contributed by atoms with van der Waals surface area (Å²) in [5.41, 5.74) is 1.34. The van der Waals surface area contributed by atoms with E-state index >= 15 is 0 Å². The number of hydrogen-bond donors (Lipinski definition) is 1. The first-order valence-corrected chi connectivity index (χ1v) is 6.63. The number of anilines is 1. The first-order valence-electron chi connectivity index (χ1n) is 5.84. The normalized spacial score (nSPS) is 9.67. The minimum Gasteiger partial charge on any atom is -0.361 e. The first kappa shape index (κ1) is 14.5. The Labute approximate surface area is 116 Å². The van der Waals surface area contributed by atoms with Gasteiger partial charge in [0.1, 0.15) is 6.07 Å². The predicted molar refractivity (Wildman–Crippen MR) is 75.4 cm³/mol. The van der Waals surface area contributed by atoms with Crippen LogP contribution in [0.3, 0.4) is 0 Å². The Balaban J connectivity index is 2.99. The lowest BCUT2D eigenvalue weighted by molar-refractivity contribution is -0.119. The van der Waals surface area contributed by atoms with Gasteiger partial charge in [0.2, 0.25) is 5.91 Å². The van der Waals surface area contributed by atoms with Crippen LogP contribution in [0, 0.1) is 11.3 Å². The van der Waals surface area contributed by atoms with Crippen molar-refractivity contribution in [2.75, 3.05) is 24.5 Å². The summed E-state index contributed by atoms with van der Waals surface area (Å²) < 4.78 is 0.747. The number of halogens is 1. The molecule has 5 heteroatoms. The highest BCUT2D eigenvalue weighted by atomic mass is 79.9. The fourth-order valence-electron chi connectivity index (χ4n) is 1.68. The topological polar surface area (TPSA) is 56.1 Å². The van der Waals surface area contributed by atoms with Crippen molar-refractivity contribution in [3.63, 3.8) is 0 Å². The maximum Gasteiger partial charge on any atom is 0.239 e. The number of rotatable bonds is 5. The van der Waals surface area contributed by atoms with E-state index < -0.39 is 0 Å². The molecular formula is C13H16BrN3O. The average molecular weight is 310 g/mol. The molecule has 0 saturated carbocycles. The Morgan fingerprint density at radius 1 is 1.50 bits per heavy atom. The third-order valence-corrected chi connectivity index (χ3v) is 3.20. The minimum absolute atomic E-state index is 0.0387. The summed E-state index contributed by atoms with van der Waals surface area (Å²) in [6, 6.07) is 7.70. The molecule has 18 heavy (non-hydrogen) atoms. The Morgan fingerprint density at radius 3 is 2.78 bits per heavy atom. The van der Waals surface area contributed by atoms with Crippen molar-refractivity contribution in [3.8, 4) is 6.07 Å². The van der Waals surface area contributed by atoms with E-state index in [1.165, 1.54) is 0 Å². The molecule has 0 fully saturated rings. The zero-order valence-electron chi connectivity index (χ0n) is 10.5. The predicted octanol–water partition coefficient (Wildman–Crippen LogP) is 2.28. The highest BCUT2D eigenvalue weighted by Crippen LogP contribution is 2.26. The molecule has 0 aliphatic heterocycles. The summed E-state index contributed by atoms with van der Waals surface area (Å²) in [5, 5.41) is 11.9. The van der Waals surface area contributed by atoms with Crippen LogP contribution < -0.4 is 10.2 Å². The van der Waals surface area contributed by atoms with Gasteiger partial charge in [0.25, 0.3) is 0 Å². The van der Waals surface area contributed by atoms with E-state index in [1.54, 1.807) is 0 Å². The lowest BCUT2D eigenvalue weighted by atomic mass is 10.1. The first-order chi connectivity index (χ1) is 8.63. The fraction of sp³-hybridized carbons (Fsp3) is 0.385. The van der Waals surface area contributed by atoms with Crippen LogP contribution in [-0.4, -0.2) is 25.5 Å². The number of nitrogens with one attached hydrogen (secondary N) is 1. The summed E-state index contributed by atoms with van der Waals surface area (Å²) in [6.07, 6.45) is 0. The van der Waals surface area contributed by atoms with Gasteiger partial charge in [-0.3, -0.25) is 4.79 Å². The van der Waals surface area contributed by atoms with Crippen LogP contribution in [0.2, 0.25) is 0 Å². The molecule has 1 N–H and O–H groups in total. The van der Waals surface area contributed by atoms with Crippen LogP contribution in [-0.2, 0) is 4.79 Å². The summed E-state index contributed by atoms with van der Waals surface area (Å²) >= 11 is 3.35. The monoisotopic (exact) mass is 309 g/mol. The minimum atomic E-state index is -0.0387. The quantitative estimate of drug-likeness (QED) is 0.908. The largest absolute Gasteiger partial charge is 0.361 e. The smallest absolute Gasteiger partial charge is 0.239 e. The van der Waals surface area contributed by atoms with Gasteiger partial charge in [-0.25, -0.2) is 0 Å². The molecule has 0 radical (unpaired) electrons. The van der Waals surface area contributed by atoms with Gasteiger partial charge < -0.3 is 10.2 Å². The van der Waals surface area contributed by atoms with Crippen LogP contribution in [0.4, 0.5) is 5.69 Å². The van der Waals surface area contributed by atoms with Crippen LogP contribution >= 0.6 is 15.9 Å². The van der Waals surface area contributed by atoms with E-state index in [0.717, 1.165) is 10.2 Å². The van der Waals surface area contributed by atoms with Crippen molar-refractivity contribution >= 4 is 27.5 Å². The second-order valence-electron chi connectivity index (χ2n) is 3.71. The summed E-state index contributed by atoms with van der Waals surface area (Å²) in [4.78, 5) is 13.5. The molecule has 0 heterocycles. The van der Waals surface area contributed by atoms with E-state index in [1.807, 2.05) is 36.9 Å². The summed E-state index contributed by atoms with van der Waals surface area (Å²) in [5.74, 6) is -0.0387. The molecule has 4 nitrogen and oxygen atoms in total. The van der Waals surface area contributed by atoms with Gasteiger partial charge in [-0.1, -0.05) is 6.07 Å². The fourth-order valence-corrected chi connectivity index (χ4v) is 2.13. The average Bonchev–Trinajstić information content (AvgIpc) is 2.36. The molecule has 1 aromatic rings. The molecule has 0 aliphatic carbocycles.